The Hall–Kier alpha value is -1.25. The number of ether oxygens (including phenoxy) is 2. The van der Waals surface area contributed by atoms with E-state index in [0.717, 1.165) is 21.5 Å². The van der Waals surface area contributed by atoms with Crippen LogP contribution >= 0.6 is 22.6 Å². The van der Waals surface area contributed by atoms with E-state index in [0.29, 0.717) is 13.1 Å². The van der Waals surface area contributed by atoms with Crippen molar-refractivity contribution in [3.05, 3.63) is 57.3 Å². The smallest absolute Gasteiger partial charge is 0.188 e. The lowest BCUT2D eigenvalue weighted by molar-refractivity contribution is -0.0590. The molecule has 6 heteroatoms. The molecule has 1 aromatic carbocycles. The summed E-state index contributed by atoms with van der Waals surface area (Å²) in [6.45, 7) is 0.443. The van der Waals surface area contributed by atoms with Gasteiger partial charge in [0.1, 0.15) is 18.0 Å². The fourth-order valence-corrected chi connectivity index (χ4v) is 3.45. The average molecular weight is 442 g/mol. The zero-order valence-electron chi connectivity index (χ0n) is 13.5. The molecule has 2 atom stereocenters. The van der Waals surface area contributed by atoms with Crippen LogP contribution in [-0.2, 0) is 15.9 Å². The number of pyridine rings is 1. The number of methoxy groups -OCH3 is 1. The second-order valence-electron chi connectivity index (χ2n) is 5.75. The molecule has 0 unspecified atom stereocenters. The number of nitrogens with zero attached hydrogens (tertiary/aromatic N) is 2. The van der Waals surface area contributed by atoms with Gasteiger partial charge in [-0.2, -0.15) is 0 Å². The van der Waals surface area contributed by atoms with Crippen molar-refractivity contribution in [3.8, 4) is 0 Å². The highest BCUT2D eigenvalue weighted by molar-refractivity contribution is 14.1. The van der Waals surface area contributed by atoms with Gasteiger partial charge in [0.15, 0.2) is 6.86 Å². The number of rotatable bonds is 6. The lowest BCUT2D eigenvalue weighted by Crippen LogP contribution is -2.28. The van der Waals surface area contributed by atoms with Crippen LogP contribution in [0.2, 0.25) is 0 Å². The maximum Gasteiger partial charge on any atom is 0.188 e. The molecule has 0 saturated carbocycles. The number of anilines is 1. The van der Waals surface area contributed by atoms with Gasteiger partial charge in [-0.1, -0.05) is 30.3 Å². The molecule has 1 saturated heterocycles. The molecule has 2 heterocycles. The van der Waals surface area contributed by atoms with Gasteiger partial charge in [-0.15, -0.1) is 0 Å². The molecule has 3 rings (SSSR count). The third-order valence-electron chi connectivity index (χ3n) is 4.24. The molecule has 2 aromatic rings. The van der Waals surface area contributed by atoms with Gasteiger partial charge in [0.05, 0.1) is 5.69 Å². The Bertz CT molecular complexity index is 671. The molecule has 0 N–H and O–H groups in total. The largest absolute Gasteiger partial charge is 0.377 e. The zero-order valence-corrected chi connectivity index (χ0v) is 15.6. The number of benzene rings is 1. The molecule has 1 aromatic heterocycles. The predicted molar refractivity (Wildman–Crippen MR) is 100 cm³/mol. The normalized spacial score (nSPS) is 20.5. The fourth-order valence-electron chi connectivity index (χ4n) is 2.96. The highest BCUT2D eigenvalue weighted by Gasteiger charge is 2.34. The Morgan fingerprint density at radius 3 is 2.62 bits per heavy atom. The van der Waals surface area contributed by atoms with Crippen molar-refractivity contribution in [2.75, 3.05) is 32.0 Å². The first-order chi connectivity index (χ1) is 11.7. The number of alkyl halides is 1. The minimum atomic E-state index is -0.794. The monoisotopic (exact) mass is 442 g/mol. The first kappa shape index (κ1) is 17.6. The third-order valence-corrected chi connectivity index (χ3v) is 5.22. The van der Waals surface area contributed by atoms with Crippen molar-refractivity contribution in [1.82, 2.24) is 4.98 Å². The van der Waals surface area contributed by atoms with Crippen LogP contribution in [0, 0.1) is 3.57 Å². The van der Waals surface area contributed by atoms with Crippen LogP contribution in [0.25, 0.3) is 0 Å². The molecule has 128 valence electrons. The van der Waals surface area contributed by atoms with Gasteiger partial charge in [0.25, 0.3) is 0 Å². The molecule has 4 nitrogen and oxygen atoms in total. The van der Waals surface area contributed by atoms with Crippen LogP contribution in [0.4, 0.5) is 10.2 Å². The predicted octanol–water partition coefficient (Wildman–Crippen LogP) is 3.42. The topological polar surface area (TPSA) is 34.6 Å². The van der Waals surface area contributed by atoms with E-state index in [4.69, 9.17) is 14.5 Å². The fraction of sp³-hybridized carbons (Fsp3) is 0.389. The number of hydrogen-bond donors (Lipinski definition) is 0. The minimum absolute atomic E-state index is 0.139. The van der Waals surface area contributed by atoms with Gasteiger partial charge in [-0.3, -0.25) is 0 Å². The third kappa shape index (κ3) is 4.04. The Morgan fingerprint density at radius 1 is 1.17 bits per heavy atom. The maximum atomic E-state index is 12.5. The van der Waals surface area contributed by atoms with Gasteiger partial charge in [0.2, 0.25) is 0 Å². The summed E-state index contributed by atoms with van der Waals surface area (Å²) in [5.74, 6) is 0.883. The van der Waals surface area contributed by atoms with Gasteiger partial charge in [-0.05, 0) is 40.3 Å². The van der Waals surface area contributed by atoms with E-state index >= 15 is 0 Å². The average Bonchev–Trinajstić information content (AvgIpc) is 3.01. The Balaban J connectivity index is 1.78. The first-order valence-electron chi connectivity index (χ1n) is 7.86. The van der Waals surface area contributed by atoms with Crippen molar-refractivity contribution in [2.45, 2.75) is 18.6 Å². The highest BCUT2D eigenvalue weighted by atomic mass is 127. The van der Waals surface area contributed by atoms with E-state index in [-0.39, 0.29) is 12.2 Å². The summed E-state index contributed by atoms with van der Waals surface area (Å²) in [4.78, 5) is 6.92. The molecule has 0 bridgehead atoms. The lowest BCUT2D eigenvalue weighted by Gasteiger charge is -2.18. The molecular weight excluding hydrogens is 422 g/mol. The second kappa shape index (κ2) is 8.22. The highest BCUT2D eigenvalue weighted by Crippen LogP contribution is 2.25. The summed E-state index contributed by atoms with van der Waals surface area (Å²) in [7, 11) is 1.63. The first-order valence-corrected chi connectivity index (χ1v) is 8.93. The van der Waals surface area contributed by atoms with Crippen LogP contribution in [0.1, 0.15) is 11.3 Å². The summed E-state index contributed by atoms with van der Waals surface area (Å²) in [6.07, 6.45) is 0.386. The van der Waals surface area contributed by atoms with E-state index in [1.165, 1.54) is 5.56 Å². The van der Waals surface area contributed by atoms with Gasteiger partial charge in [-0.25, -0.2) is 9.37 Å². The Morgan fingerprint density at radius 2 is 1.92 bits per heavy atom. The molecule has 0 spiro atoms. The van der Waals surface area contributed by atoms with E-state index in [1.807, 2.05) is 24.3 Å². The van der Waals surface area contributed by atoms with E-state index < -0.39 is 6.86 Å². The standard InChI is InChI=1S/C18H20FIN2O2/c1-23-16-10-22(11-17(16)24-12-19)18-8-7-14(20)15(21-18)9-13-5-3-2-4-6-13/h2-8,16-17H,9-12H2,1H3/t16-,17+/m0/s1. The van der Waals surface area contributed by atoms with E-state index in [1.54, 1.807) is 7.11 Å². The van der Waals surface area contributed by atoms with Crippen molar-refractivity contribution in [2.24, 2.45) is 0 Å². The van der Waals surface area contributed by atoms with Gasteiger partial charge < -0.3 is 14.4 Å². The molecule has 0 amide bonds. The van der Waals surface area contributed by atoms with Crippen molar-refractivity contribution >= 4 is 28.4 Å². The molecule has 1 aliphatic rings. The summed E-state index contributed by atoms with van der Waals surface area (Å²) >= 11 is 2.32. The maximum absolute atomic E-state index is 12.5. The van der Waals surface area contributed by atoms with Crippen LogP contribution in [0.15, 0.2) is 42.5 Å². The van der Waals surface area contributed by atoms with Crippen LogP contribution < -0.4 is 4.90 Å². The molecule has 24 heavy (non-hydrogen) atoms. The minimum Gasteiger partial charge on any atom is -0.377 e. The molecule has 0 radical (unpaired) electrons. The van der Waals surface area contributed by atoms with E-state index in [2.05, 4.69) is 45.7 Å². The van der Waals surface area contributed by atoms with Gasteiger partial charge in [0, 0.05) is 30.2 Å². The quantitative estimate of drug-likeness (QED) is 0.643. The van der Waals surface area contributed by atoms with Crippen molar-refractivity contribution < 1.29 is 13.9 Å². The van der Waals surface area contributed by atoms with Crippen LogP contribution in [0.3, 0.4) is 0 Å². The van der Waals surface area contributed by atoms with Crippen LogP contribution in [-0.4, -0.2) is 44.3 Å². The summed E-state index contributed by atoms with van der Waals surface area (Å²) < 4.78 is 24.2. The molecular formula is C18H20FIN2O2. The Labute approximate surface area is 155 Å². The number of hydrogen-bond acceptors (Lipinski definition) is 4. The number of aromatic nitrogens is 1. The van der Waals surface area contributed by atoms with Crippen molar-refractivity contribution in [3.63, 3.8) is 0 Å². The van der Waals surface area contributed by atoms with E-state index in [9.17, 15) is 4.39 Å². The lowest BCUT2D eigenvalue weighted by atomic mass is 10.1. The summed E-state index contributed by atoms with van der Waals surface area (Å²) in [6, 6.07) is 14.4. The van der Waals surface area contributed by atoms with Crippen molar-refractivity contribution in [1.29, 1.82) is 0 Å². The molecule has 0 aliphatic carbocycles. The Kier molecular flexibility index (Phi) is 6.02. The summed E-state index contributed by atoms with van der Waals surface area (Å²) in [5.41, 5.74) is 2.28. The second-order valence-corrected chi connectivity index (χ2v) is 6.92. The number of halogens is 2. The SMILES string of the molecule is CO[C@H]1CN(c2ccc(I)c(Cc3ccccc3)n2)C[C@H]1OCF. The zero-order chi connectivity index (χ0) is 16.9. The van der Waals surface area contributed by atoms with Crippen LogP contribution in [0.5, 0.6) is 0 Å². The molecule has 1 aliphatic heterocycles. The molecule has 1 fully saturated rings. The van der Waals surface area contributed by atoms with Gasteiger partial charge >= 0.3 is 0 Å². The summed E-state index contributed by atoms with van der Waals surface area (Å²) in [5, 5.41) is 0.